The van der Waals surface area contributed by atoms with Crippen LogP contribution in [0.4, 0.5) is 0 Å². The van der Waals surface area contributed by atoms with Gasteiger partial charge in [0.15, 0.2) is 5.76 Å². The average Bonchev–Trinajstić information content (AvgIpc) is 3.11. The molecule has 1 aliphatic heterocycles. The quantitative estimate of drug-likeness (QED) is 0.856. The van der Waals surface area contributed by atoms with Gasteiger partial charge in [0.2, 0.25) is 5.91 Å². The van der Waals surface area contributed by atoms with E-state index in [0.717, 1.165) is 11.3 Å². The molecule has 24 heavy (non-hydrogen) atoms. The Morgan fingerprint density at radius 3 is 2.29 bits per heavy atom. The molecule has 0 spiro atoms. The summed E-state index contributed by atoms with van der Waals surface area (Å²) in [6, 6.07) is 7.25. The molecule has 3 rings (SSSR count). The fraction of sp³-hybridized carbons (Fsp3) is 0.353. The summed E-state index contributed by atoms with van der Waals surface area (Å²) in [6.07, 6.45) is 1.44. The summed E-state index contributed by atoms with van der Waals surface area (Å²) in [5.74, 6) is 1.07. The molecule has 2 amide bonds. The third-order valence-corrected chi connectivity index (χ3v) is 4.17. The van der Waals surface area contributed by atoms with E-state index in [0.29, 0.717) is 37.5 Å². The lowest BCUT2D eigenvalue weighted by Gasteiger charge is -2.34. The first-order chi connectivity index (χ1) is 11.6. The molecular formula is C17H19N3O4. The van der Waals surface area contributed by atoms with Crippen molar-refractivity contribution < 1.29 is 18.8 Å². The largest absolute Gasteiger partial charge is 0.497 e. The Kier molecular flexibility index (Phi) is 4.50. The van der Waals surface area contributed by atoms with Gasteiger partial charge in [0.1, 0.15) is 11.3 Å². The summed E-state index contributed by atoms with van der Waals surface area (Å²) in [4.78, 5) is 27.6. The van der Waals surface area contributed by atoms with Crippen LogP contribution in [-0.2, 0) is 4.79 Å². The maximum Gasteiger partial charge on any atom is 0.259 e. The number of rotatable bonds is 3. The van der Waals surface area contributed by atoms with Crippen molar-refractivity contribution in [3.8, 4) is 17.1 Å². The van der Waals surface area contributed by atoms with Crippen LogP contribution in [0.25, 0.3) is 11.3 Å². The summed E-state index contributed by atoms with van der Waals surface area (Å²) >= 11 is 0. The van der Waals surface area contributed by atoms with Gasteiger partial charge in [-0.1, -0.05) is 5.16 Å². The molecule has 2 heterocycles. The number of hydrogen-bond donors (Lipinski definition) is 0. The molecule has 0 bridgehead atoms. The summed E-state index contributed by atoms with van der Waals surface area (Å²) < 4.78 is 10.4. The monoisotopic (exact) mass is 329 g/mol. The molecule has 7 heteroatoms. The van der Waals surface area contributed by atoms with Crippen LogP contribution in [0.5, 0.6) is 5.75 Å². The number of amides is 2. The topological polar surface area (TPSA) is 75.9 Å². The maximum absolute atomic E-state index is 12.8. The van der Waals surface area contributed by atoms with E-state index in [1.165, 1.54) is 6.20 Å². The van der Waals surface area contributed by atoms with Crippen LogP contribution in [0.15, 0.2) is 35.0 Å². The molecule has 7 nitrogen and oxygen atoms in total. The fourth-order valence-electron chi connectivity index (χ4n) is 2.74. The van der Waals surface area contributed by atoms with E-state index in [1.807, 2.05) is 12.1 Å². The number of methoxy groups -OCH3 is 1. The van der Waals surface area contributed by atoms with Crippen LogP contribution in [0.3, 0.4) is 0 Å². The highest BCUT2D eigenvalue weighted by atomic mass is 16.5. The molecule has 1 aliphatic rings. The van der Waals surface area contributed by atoms with Gasteiger partial charge in [-0.15, -0.1) is 0 Å². The Morgan fingerprint density at radius 2 is 1.71 bits per heavy atom. The first-order valence-corrected chi connectivity index (χ1v) is 7.74. The van der Waals surface area contributed by atoms with E-state index in [-0.39, 0.29) is 11.8 Å². The van der Waals surface area contributed by atoms with Gasteiger partial charge >= 0.3 is 0 Å². The molecule has 0 radical (unpaired) electrons. The lowest BCUT2D eigenvalue weighted by molar-refractivity contribution is -0.130. The summed E-state index contributed by atoms with van der Waals surface area (Å²) in [5.41, 5.74) is 1.19. The number of carbonyl (C=O) groups is 2. The fourth-order valence-corrected chi connectivity index (χ4v) is 2.74. The predicted octanol–water partition coefficient (Wildman–Crippen LogP) is 1.65. The van der Waals surface area contributed by atoms with E-state index < -0.39 is 0 Å². The molecule has 1 aromatic carbocycles. The van der Waals surface area contributed by atoms with Crippen LogP contribution >= 0.6 is 0 Å². The molecule has 0 unspecified atom stereocenters. The second kappa shape index (κ2) is 6.74. The Bertz CT molecular complexity index is 731. The summed E-state index contributed by atoms with van der Waals surface area (Å²) in [5, 5.41) is 3.78. The number of nitrogens with zero attached hydrogens (tertiary/aromatic N) is 3. The van der Waals surface area contributed by atoms with E-state index in [9.17, 15) is 9.59 Å². The molecular weight excluding hydrogens is 310 g/mol. The van der Waals surface area contributed by atoms with Gasteiger partial charge in [0.05, 0.1) is 13.3 Å². The zero-order valence-corrected chi connectivity index (χ0v) is 13.7. The van der Waals surface area contributed by atoms with Crippen molar-refractivity contribution >= 4 is 11.8 Å². The molecule has 0 N–H and O–H groups in total. The van der Waals surface area contributed by atoms with Crippen molar-refractivity contribution in [2.24, 2.45) is 0 Å². The number of piperazine rings is 1. The van der Waals surface area contributed by atoms with Crippen molar-refractivity contribution in [1.29, 1.82) is 0 Å². The predicted molar refractivity (Wildman–Crippen MR) is 86.6 cm³/mol. The minimum Gasteiger partial charge on any atom is -0.497 e. The average molecular weight is 329 g/mol. The molecule has 1 saturated heterocycles. The Balaban J connectivity index is 1.77. The minimum absolute atomic E-state index is 0.0333. The second-order valence-electron chi connectivity index (χ2n) is 5.60. The van der Waals surface area contributed by atoms with Crippen molar-refractivity contribution in [3.05, 3.63) is 36.0 Å². The third-order valence-electron chi connectivity index (χ3n) is 4.17. The van der Waals surface area contributed by atoms with Crippen LogP contribution in [0.2, 0.25) is 0 Å². The second-order valence-corrected chi connectivity index (χ2v) is 5.60. The normalized spacial score (nSPS) is 14.6. The molecule has 1 aromatic heterocycles. The van der Waals surface area contributed by atoms with Gasteiger partial charge in [-0.25, -0.2) is 0 Å². The first-order valence-electron chi connectivity index (χ1n) is 7.74. The number of benzene rings is 1. The van der Waals surface area contributed by atoms with Gasteiger partial charge in [-0.2, -0.15) is 0 Å². The highest BCUT2D eigenvalue weighted by molar-refractivity contribution is 5.99. The van der Waals surface area contributed by atoms with Crippen LogP contribution in [0.1, 0.15) is 17.3 Å². The molecule has 0 saturated carbocycles. The third kappa shape index (κ3) is 3.10. The molecule has 126 valence electrons. The first kappa shape index (κ1) is 16.0. The van der Waals surface area contributed by atoms with Gasteiger partial charge in [0.25, 0.3) is 5.91 Å². The van der Waals surface area contributed by atoms with Gasteiger partial charge in [-0.3, -0.25) is 9.59 Å². The standard InChI is InChI=1S/C17H19N3O4/c1-12(21)19-7-9-20(10-8-19)17(22)15-11-18-24-16(15)13-3-5-14(23-2)6-4-13/h3-6,11H,7-10H2,1-2H3. The van der Waals surface area contributed by atoms with Gasteiger partial charge in [-0.05, 0) is 24.3 Å². The van der Waals surface area contributed by atoms with Crippen molar-refractivity contribution in [1.82, 2.24) is 15.0 Å². The van der Waals surface area contributed by atoms with Crippen LogP contribution in [0, 0.1) is 0 Å². The maximum atomic E-state index is 12.8. The number of aromatic nitrogens is 1. The summed E-state index contributed by atoms with van der Waals surface area (Å²) in [6.45, 7) is 3.64. The number of ether oxygens (including phenoxy) is 1. The number of hydrogen-bond acceptors (Lipinski definition) is 5. The lowest BCUT2D eigenvalue weighted by Crippen LogP contribution is -2.50. The Labute approximate surface area is 139 Å². The van der Waals surface area contributed by atoms with Crippen molar-refractivity contribution in [3.63, 3.8) is 0 Å². The molecule has 1 fully saturated rings. The van der Waals surface area contributed by atoms with Crippen LogP contribution in [-0.4, -0.2) is 60.1 Å². The lowest BCUT2D eigenvalue weighted by atomic mass is 10.1. The highest BCUT2D eigenvalue weighted by Crippen LogP contribution is 2.26. The molecule has 0 atom stereocenters. The van der Waals surface area contributed by atoms with Crippen LogP contribution < -0.4 is 4.74 Å². The zero-order valence-electron chi connectivity index (χ0n) is 13.7. The highest BCUT2D eigenvalue weighted by Gasteiger charge is 2.27. The SMILES string of the molecule is COc1ccc(-c2oncc2C(=O)N2CCN(C(C)=O)CC2)cc1. The van der Waals surface area contributed by atoms with E-state index >= 15 is 0 Å². The van der Waals surface area contributed by atoms with E-state index in [1.54, 1.807) is 36.0 Å². The van der Waals surface area contributed by atoms with Crippen molar-refractivity contribution in [2.45, 2.75) is 6.92 Å². The minimum atomic E-state index is -0.134. The Morgan fingerprint density at radius 1 is 1.08 bits per heavy atom. The smallest absolute Gasteiger partial charge is 0.259 e. The molecule has 0 aliphatic carbocycles. The van der Waals surface area contributed by atoms with Gasteiger partial charge in [0, 0.05) is 38.7 Å². The van der Waals surface area contributed by atoms with E-state index in [2.05, 4.69) is 5.16 Å². The van der Waals surface area contributed by atoms with E-state index in [4.69, 9.17) is 9.26 Å². The van der Waals surface area contributed by atoms with Crippen molar-refractivity contribution in [2.75, 3.05) is 33.3 Å². The summed E-state index contributed by atoms with van der Waals surface area (Å²) in [7, 11) is 1.60. The van der Waals surface area contributed by atoms with Gasteiger partial charge < -0.3 is 19.1 Å². The zero-order chi connectivity index (χ0) is 17.1. The number of carbonyl (C=O) groups excluding carboxylic acids is 2. The molecule has 2 aromatic rings. The Hall–Kier alpha value is -2.83.